The second-order valence-corrected chi connectivity index (χ2v) is 4.10. The monoisotopic (exact) mass is 236 g/mol. The van der Waals surface area contributed by atoms with E-state index >= 15 is 0 Å². The summed E-state index contributed by atoms with van der Waals surface area (Å²) in [5.74, 6) is 0.458. The molecule has 0 spiro atoms. The van der Waals surface area contributed by atoms with Gasteiger partial charge in [-0.1, -0.05) is 0 Å². The van der Waals surface area contributed by atoms with Gasteiger partial charge < -0.3 is 15.3 Å². The third-order valence-corrected chi connectivity index (χ3v) is 2.83. The summed E-state index contributed by atoms with van der Waals surface area (Å²) in [4.78, 5) is 13.3. The van der Waals surface area contributed by atoms with Crippen LogP contribution in [0.4, 0.5) is 5.82 Å². The van der Waals surface area contributed by atoms with E-state index in [4.69, 9.17) is 0 Å². The maximum Gasteiger partial charge on any atom is 0.271 e. The summed E-state index contributed by atoms with van der Waals surface area (Å²) in [5, 5.41) is 19.9. The van der Waals surface area contributed by atoms with Crippen molar-refractivity contribution in [2.45, 2.75) is 18.9 Å². The first kappa shape index (κ1) is 11.8. The van der Waals surface area contributed by atoms with Gasteiger partial charge in [0, 0.05) is 20.1 Å². The van der Waals surface area contributed by atoms with E-state index in [1.165, 1.54) is 0 Å². The van der Waals surface area contributed by atoms with Crippen LogP contribution in [-0.2, 0) is 0 Å². The average Bonchev–Trinajstić information content (AvgIpc) is 2.38. The van der Waals surface area contributed by atoms with Crippen LogP contribution in [0.1, 0.15) is 23.3 Å². The number of aliphatic hydroxyl groups excluding tert-OH is 1. The molecule has 1 aromatic heterocycles. The molecule has 0 radical (unpaired) electrons. The Balaban J connectivity index is 2.09. The second kappa shape index (κ2) is 5.09. The Morgan fingerprint density at radius 3 is 2.94 bits per heavy atom. The summed E-state index contributed by atoms with van der Waals surface area (Å²) >= 11 is 0. The molecule has 1 aliphatic rings. The first-order valence-corrected chi connectivity index (χ1v) is 5.69. The highest BCUT2D eigenvalue weighted by molar-refractivity contribution is 5.91. The predicted molar refractivity (Wildman–Crippen MR) is 62.9 cm³/mol. The Hall–Kier alpha value is -1.69. The minimum Gasteiger partial charge on any atom is -0.391 e. The fourth-order valence-electron chi connectivity index (χ4n) is 1.91. The van der Waals surface area contributed by atoms with E-state index < -0.39 is 0 Å². The van der Waals surface area contributed by atoms with E-state index in [0.29, 0.717) is 18.1 Å². The standard InChI is InChI=1S/C11H16N4O2/c1-12-11(17)9-4-5-10(14-13-9)15-6-2-3-8(16)7-15/h4-5,8,16H,2-3,6-7H2,1H3,(H,12,17). The zero-order chi connectivity index (χ0) is 12.3. The summed E-state index contributed by atoms with van der Waals surface area (Å²) in [6.07, 6.45) is 1.48. The lowest BCUT2D eigenvalue weighted by molar-refractivity contribution is 0.0957. The zero-order valence-electron chi connectivity index (χ0n) is 9.76. The minimum atomic E-state index is -0.302. The SMILES string of the molecule is CNC(=O)c1ccc(N2CCCC(O)C2)nn1. The molecule has 6 heteroatoms. The van der Waals surface area contributed by atoms with Gasteiger partial charge in [0.05, 0.1) is 6.10 Å². The molecule has 0 bridgehead atoms. The molecule has 1 aliphatic heterocycles. The normalized spacial score (nSPS) is 20.1. The largest absolute Gasteiger partial charge is 0.391 e. The molecule has 6 nitrogen and oxygen atoms in total. The number of carbonyl (C=O) groups is 1. The van der Waals surface area contributed by atoms with Crippen molar-refractivity contribution >= 4 is 11.7 Å². The molecule has 1 unspecified atom stereocenters. The lowest BCUT2D eigenvalue weighted by Crippen LogP contribution is -2.38. The van der Waals surface area contributed by atoms with Gasteiger partial charge in [0.2, 0.25) is 0 Å². The molecular formula is C11H16N4O2. The van der Waals surface area contributed by atoms with Gasteiger partial charge in [-0.25, -0.2) is 0 Å². The number of β-amino-alcohol motifs (C(OH)–C–C–N with tert-alkyl or cyclic N) is 1. The summed E-state index contributed by atoms with van der Waals surface area (Å²) in [6, 6.07) is 3.40. The number of hydrogen-bond donors (Lipinski definition) is 2. The van der Waals surface area contributed by atoms with Crippen LogP contribution in [0.2, 0.25) is 0 Å². The number of aliphatic hydroxyl groups is 1. The van der Waals surface area contributed by atoms with Crippen molar-refractivity contribution in [1.82, 2.24) is 15.5 Å². The summed E-state index contributed by atoms with van der Waals surface area (Å²) in [6.45, 7) is 1.44. The number of piperidine rings is 1. The number of nitrogens with one attached hydrogen (secondary N) is 1. The molecule has 92 valence electrons. The van der Waals surface area contributed by atoms with E-state index in [1.54, 1.807) is 19.2 Å². The van der Waals surface area contributed by atoms with Crippen molar-refractivity contribution < 1.29 is 9.90 Å². The lowest BCUT2D eigenvalue weighted by atomic mass is 10.1. The topological polar surface area (TPSA) is 78.4 Å². The van der Waals surface area contributed by atoms with Crippen LogP contribution >= 0.6 is 0 Å². The molecule has 0 aromatic carbocycles. The quantitative estimate of drug-likeness (QED) is 0.743. The molecule has 1 atom stereocenters. The van der Waals surface area contributed by atoms with Crippen molar-refractivity contribution in [2.24, 2.45) is 0 Å². The first-order valence-electron chi connectivity index (χ1n) is 5.69. The van der Waals surface area contributed by atoms with Crippen molar-refractivity contribution in [1.29, 1.82) is 0 Å². The van der Waals surface area contributed by atoms with E-state index in [9.17, 15) is 9.90 Å². The van der Waals surface area contributed by atoms with Crippen LogP contribution in [0.5, 0.6) is 0 Å². The van der Waals surface area contributed by atoms with E-state index in [2.05, 4.69) is 15.5 Å². The van der Waals surface area contributed by atoms with Crippen LogP contribution in [0, 0.1) is 0 Å². The maximum atomic E-state index is 11.3. The molecule has 0 aliphatic carbocycles. The van der Waals surface area contributed by atoms with Crippen molar-refractivity contribution in [2.75, 3.05) is 25.0 Å². The van der Waals surface area contributed by atoms with Gasteiger partial charge in [-0.3, -0.25) is 4.79 Å². The number of hydrogen-bond acceptors (Lipinski definition) is 5. The van der Waals surface area contributed by atoms with Crippen LogP contribution in [-0.4, -0.2) is 47.5 Å². The fourth-order valence-corrected chi connectivity index (χ4v) is 1.91. The summed E-state index contributed by atoms with van der Waals surface area (Å²) < 4.78 is 0. The first-order chi connectivity index (χ1) is 8.20. The molecule has 1 amide bonds. The van der Waals surface area contributed by atoms with Gasteiger partial charge >= 0.3 is 0 Å². The molecule has 2 rings (SSSR count). The van der Waals surface area contributed by atoms with Gasteiger partial charge in [-0.15, -0.1) is 10.2 Å². The maximum absolute atomic E-state index is 11.3. The average molecular weight is 236 g/mol. The molecule has 1 fully saturated rings. The number of amides is 1. The van der Waals surface area contributed by atoms with E-state index in [-0.39, 0.29) is 12.0 Å². The zero-order valence-corrected chi connectivity index (χ0v) is 9.76. The molecule has 0 saturated carbocycles. The van der Waals surface area contributed by atoms with Gasteiger partial charge in [-0.05, 0) is 25.0 Å². The third kappa shape index (κ3) is 2.71. The number of anilines is 1. The highest BCUT2D eigenvalue weighted by Gasteiger charge is 2.19. The van der Waals surface area contributed by atoms with Crippen molar-refractivity contribution in [3.05, 3.63) is 17.8 Å². The van der Waals surface area contributed by atoms with Crippen molar-refractivity contribution in [3.63, 3.8) is 0 Å². The van der Waals surface area contributed by atoms with Gasteiger partial charge in [0.25, 0.3) is 5.91 Å². The predicted octanol–water partition coefficient (Wildman–Crippen LogP) is -0.203. The summed E-state index contributed by atoms with van der Waals surface area (Å²) in [7, 11) is 1.55. The minimum absolute atomic E-state index is 0.247. The highest BCUT2D eigenvalue weighted by Crippen LogP contribution is 2.16. The van der Waals surface area contributed by atoms with Crippen LogP contribution in [0.15, 0.2) is 12.1 Å². The number of aromatic nitrogens is 2. The van der Waals surface area contributed by atoms with E-state index in [1.807, 2.05) is 4.90 Å². The fraction of sp³-hybridized carbons (Fsp3) is 0.545. The number of nitrogens with zero attached hydrogens (tertiary/aromatic N) is 3. The number of carbonyl (C=O) groups excluding carboxylic acids is 1. The summed E-state index contributed by atoms with van der Waals surface area (Å²) in [5.41, 5.74) is 0.300. The molecule has 1 aromatic rings. The van der Waals surface area contributed by atoms with Crippen molar-refractivity contribution in [3.8, 4) is 0 Å². The Morgan fingerprint density at radius 1 is 1.53 bits per heavy atom. The molecule has 17 heavy (non-hydrogen) atoms. The van der Waals surface area contributed by atoms with Gasteiger partial charge in [0.1, 0.15) is 0 Å². The van der Waals surface area contributed by atoms with Crippen LogP contribution in [0.25, 0.3) is 0 Å². The molecule has 2 N–H and O–H groups in total. The lowest BCUT2D eigenvalue weighted by Gasteiger charge is -2.30. The smallest absolute Gasteiger partial charge is 0.271 e. The molecular weight excluding hydrogens is 220 g/mol. The Labute approximate surface area is 99.7 Å². The van der Waals surface area contributed by atoms with Gasteiger partial charge in [-0.2, -0.15) is 0 Å². The molecule has 1 saturated heterocycles. The van der Waals surface area contributed by atoms with Crippen LogP contribution < -0.4 is 10.2 Å². The third-order valence-electron chi connectivity index (χ3n) is 2.83. The second-order valence-electron chi connectivity index (χ2n) is 4.10. The highest BCUT2D eigenvalue weighted by atomic mass is 16.3. The Bertz CT molecular complexity index is 393. The Morgan fingerprint density at radius 2 is 2.35 bits per heavy atom. The van der Waals surface area contributed by atoms with Crippen LogP contribution in [0.3, 0.4) is 0 Å². The van der Waals surface area contributed by atoms with E-state index in [0.717, 1.165) is 19.4 Å². The van der Waals surface area contributed by atoms with Gasteiger partial charge in [0.15, 0.2) is 11.5 Å². The number of rotatable bonds is 2. The Kier molecular flexibility index (Phi) is 3.53. The molecule has 2 heterocycles.